The summed E-state index contributed by atoms with van der Waals surface area (Å²) in [6.07, 6.45) is 1.67. The summed E-state index contributed by atoms with van der Waals surface area (Å²) in [6, 6.07) is 24.1. The lowest BCUT2D eigenvalue weighted by atomic mass is 10.1. The van der Waals surface area contributed by atoms with Crippen LogP contribution in [-0.2, 0) is 0 Å². The molecule has 6 heteroatoms. The molecule has 34 heavy (non-hydrogen) atoms. The fraction of sp³-hybridized carbons (Fsp3) is 0.143. The van der Waals surface area contributed by atoms with Gasteiger partial charge in [-0.1, -0.05) is 30.3 Å². The van der Waals surface area contributed by atoms with Crippen LogP contribution in [0.4, 0.5) is 5.69 Å². The monoisotopic (exact) mass is 450 g/mol. The normalized spacial score (nSPS) is 11.5. The van der Waals surface area contributed by atoms with Gasteiger partial charge in [0.15, 0.2) is 5.76 Å². The zero-order valence-corrected chi connectivity index (χ0v) is 19.7. The molecule has 0 aliphatic rings. The van der Waals surface area contributed by atoms with Gasteiger partial charge >= 0.3 is 5.91 Å². The van der Waals surface area contributed by atoms with Crippen molar-refractivity contribution in [3.8, 4) is 5.69 Å². The van der Waals surface area contributed by atoms with Crippen molar-refractivity contribution in [1.29, 1.82) is 0 Å². The summed E-state index contributed by atoms with van der Waals surface area (Å²) in [5.74, 6) is -0.153. The first-order valence-electron chi connectivity index (χ1n) is 11.1. The Morgan fingerprint density at radius 2 is 1.74 bits per heavy atom. The molecule has 1 N–H and O–H groups in total. The van der Waals surface area contributed by atoms with Crippen LogP contribution in [0.2, 0.25) is 0 Å². The summed E-state index contributed by atoms with van der Waals surface area (Å²) < 4.78 is 7.95. The van der Waals surface area contributed by atoms with Gasteiger partial charge in [0.1, 0.15) is 5.58 Å². The van der Waals surface area contributed by atoms with Crippen molar-refractivity contribution in [2.24, 2.45) is 5.10 Å². The topological polar surface area (TPSA) is 62.8 Å². The summed E-state index contributed by atoms with van der Waals surface area (Å²) >= 11 is 0. The number of benzene rings is 3. The summed E-state index contributed by atoms with van der Waals surface area (Å²) in [4.78, 5) is 14.8. The van der Waals surface area contributed by atoms with Crippen molar-refractivity contribution in [1.82, 2.24) is 9.99 Å². The summed E-state index contributed by atoms with van der Waals surface area (Å²) in [7, 11) is 4.05. The van der Waals surface area contributed by atoms with Gasteiger partial charge in [-0.3, -0.25) is 4.79 Å². The molecule has 0 saturated heterocycles. The van der Waals surface area contributed by atoms with Crippen LogP contribution in [0.3, 0.4) is 0 Å². The number of nitrogens with one attached hydrogen (secondary N) is 1. The number of carbonyl (C=O) groups excluding carboxylic acids is 1. The van der Waals surface area contributed by atoms with Crippen molar-refractivity contribution >= 4 is 39.6 Å². The second-order valence-corrected chi connectivity index (χ2v) is 8.58. The van der Waals surface area contributed by atoms with E-state index in [2.05, 4.69) is 57.2 Å². The molecular weight excluding hydrogens is 424 g/mol. The lowest BCUT2D eigenvalue weighted by Crippen LogP contribution is -2.16. The molecule has 5 aromatic rings. The molecule has 0 bridgehead atoms. The van der Waals surface area contributed by atoms with Crippen molar-refractivity contribution in [3.05, 3.63) is 95.5 Å². The minimum atomic E-state index is -0.385. The Kier molecular flexibility index (Phi) is 5.42. The third kappa shape index (κ3) is 3.83. The molecule has 0 radical (unpaired) electrons. The van der Waals surface area contributed by atoms with Gasteiger partial charge in [0.2, 0.25) is 0 Å². The number of anilines is 1. The quantitative estimate of drug-likeness (QED) is 0.271. The van der Waals surface area contributed by atoms with Gasteiger partial charge in [-0.2, -0.15) is 5.10 Å². The van der Waals surface area contributed by atoms with Gasteiger partial charge in [-0.05, 0) is 67.1 Å². The first kappa shape index (κ1) is 21.5. The summed E-state index contributed by atoms with van der Waals surface area (Å²) in [5.41, 5.74) is 8.57. The number of furan rings is 1. The average molecular weight is 451 g/mol. The van der Waals surface area contributed by atoms with E-state index in [1.807, 2.05) is 57.4 Å². The van der Waals surface area contributed by atoms with Crippen LogP contribution in [0.1, 0.15) is 27.5 Å². The molecule has 0 aliphatic carbocycles. The molecule has 2 aromatic heterocycles. The maximum absolute atomic E-state index is 12.7. The fourth-order valence-corrected chi connectivity index (χ4v) is 4.34. The highest BCUT2D eigenvalue weighted by molar-refractivity contribution is 6.08. The second kappa shape index (κ2) is 8.56. The average Bonchev–Trinajstić information content (AvgIpc) is 3.40. The van der Waals surface area contributed by atoms with E-state index in [0.29, 0.717) is 5.58 Å². The molecule has 0 aliphatic heterocycles. The lowest BCUT2D eigenvalue weighted by molar-refractivity contribution is 0.0929. The van der Waals surface area contributed by atoms with Gasteiger partial charge in [-0.15, -0.1) is 0 Å². The van der Waals surface area contributed by atoms with E-state index in [4.69, 9.17) is 4.42 Å². The predicted molar refractivity (Wildman–Crippen MR) is 138 cm³/mol. The van der Waals surface area contributed by atoms with Crippen molar-refractivity contribution in [2.75, 3.05) is 19.0 Å². The zero-order valence-electron chi connectivity index (χ0n) is 19.7. The number of aromatic nitrogens is 1. The zero-order chi connectivity index (χ0) is 23.8. The van der Waals surface area contributed by atoms with Crippen LogP contribution in [0.15, 0.2) is 82.3 Å². The number of rotatable bonds is 5. The van der Waals surface area contributed by atoms with E-state index >= 15 is 0 Å². The van der Waals surface area contributed by atoms with E-state index in [-0.39, 0.29) is 11.7 Å². The fourth-order valence-electron chi connectivity index (χ4n) is 4.34. The number of nitrogens with zero attached hydrogens (tertiary/aromatic N) is 3. The van der Waals surface area contributed by atoms with Crippen LogP contribution >= 0.6 is 0 Å². The van der Waals surface area contributed by atoms with E-state index in [9.17, 15) is 4.79 Å². The number of carbonyl (C=O) groups is 1. The molecule has 0 spiro atoms. The van der Waals surface area contributed by atoms with Crippen LogP contribution in [0.25, 0.3) is 27.4 Å². The van der Waals surface area contributed by atoms with E-state index < -0.39 is 0 Å². The van der Waals surface area contributed by atoms with Crippen LogP contribution in [0, 0.1) is 13.8 Å². The predicted octanol–water partition coefficient (Wildman–Crippen LogP) is 5.82. The molecule has 2 heterocycles. The minimum absolute atomic E-state index is 0.231. The van der Waals surface area contributed by atoms with Crippen molar-refractivity contribution < 1.29 is 9.21 Å². The molecule has 0 unspecified atom stereocenters. The number of hydrogen-bond donors (Lipinski definition) is 1. The lowest BCUT2D eigenvalue weighted by Gasteiger charge is -2.14. The SMILES string of the molecule is Cc1cc(/C=N\NC(=O)c2cc3c(ccc4ccccc43)o2)c(C)n1-c1ccc(N(C)C)cc1. The first-order valence-corrected chi connectivity index (χ1v) is 11.1. The van der Waals surface area contributed by atoms with Crippen molar-refractivity contribution in [3.63, 3.8) is 0 Å². The Morgan fingerprint density at radius 3 is 2.50 bits per heavy atom. The third-order valence-electron chi connectivity index (χ3n) is 6.11. The van der Waals surface area contributed by atoms with Crippen LogP contribution < -0.4 is 10.3 Å². The highest BCUT2D eigenvalue weighted by Gasteiger charge is 2.14. The molecule has 0 atom stereocenters. The number of hydrogen-bond acceptors (Lipinski definition) is 4. The standard InChI is InChI=1S/C28H26N4O2/c1-18-15-21(19(2)32(18)23-12-10-22(11-13-23)31(3)4)17-29-30-28(33)27-16-25-24-8-6-5-7-20(24)9-14-26(25)34-27/h5-17H,1-4H3,(H,30,33)/b29-17-. The van der Waals surface area contributed by atoms with E-state index in [1.54, 1.807) is 12.3 Å². The Morgan fingerprint density at radius 1 is 0.971 bits per heavy atom. The molecular formula is C28H26N4O2. The highest BCUT2D eigenvalue weighted by Crippen LogP contribution is 2.28. The Hall–Kier alpha value is -4.32. The van der Waals surface area contributed by atoms with Crippen LogP contribution in [0.5, 0.6) is 0 Å². The van der Waals surface area contributed by atoms with Gasteiger partial charge < -0.3 is 13.9 Å². The van der Waals surface area contributed by atoms with Crippen molar-refractivity contribution in [2.45, 2.75) is 13.8 Å². The van der Waals surface area contributed by atoms with Crippen LogP contribution in [-0.4, -0.2) is 30.8 Å². The summed E-state index contributed by atoms with van der Waals surface area (Å²) in [5, 5.41) is 7.26. The highest BCUT2D eigenvalue weighted by atomic mass is 16.3. The molecule has 6 nitrogen and oxygen atoms in total. The van der Waals surface area contributed by atoms with E-state index in [1.165, 1.54) is 0 Å². The molecule has 0 fully saturated rings. The van der Waals surface area contributed by atoms with E-state index in [0.717, 1.165) is 44.5 Å². The molecule has 5 rings (SSSR count). The number of hydrazone groups is 1. The number of fused-ring (bicyclic) bond motifs is 3. The Balaban J connectivity index is 1.35. The summed E-state index contributed by atoms with van der Waals surface area (Å²) in [6.45, 7) is 4.10. The number of amides is 1. The maximum atomic E-state index is 12.7. The third-order valence-corrected chi connectivity index (χ3v) is 6.11. The molecule has 0 saturated carbocycles. The molecule has 3 aromatic carbocycles. The maximum Gasteiger partial charge on any atom is 0.307 e. The van der Waals surface area contributed by atoms with Gasteiger partial charge in [0.25, 0.3) is 0 Å². The number of aryl methyl sites for hydroxylation is 1. The second-order valence-electron chi connectivity index (χ2n) is 8.58. The van der Waals surface area contributed by atoms with Gasteiger partial charge in [0, 0.05) is 47.8 Å². The molecule has 170 valence electrons. The Labute approximate surface area is 198 Å². The first-order chi connectivity index (χ1) is 16.4. The largest absolute Gasteiger partial charge is 0.451 e. The Bertz CT molecular complexity index is 1540. The van der Waals surface area contributed by atoms with Gasteiger partial charge in [0.05, 0.1) is 6.21 Å². The minimum Gasteiger partial charge on any atom is -0.451 e. The smallest absolute Gasteiger partial charge is 0.307 e. The van der Waals surface area contributed by atoms with Gasteiger partial charge in [-0.25, -0.2) is 5.43 Å². The molecule has 1 amide bonds.